The van der Waals surface area contributed by atoms with E-state index in [0.29, 0.717) is 16.3 Å². The molecule has 0 radical (unpaired) electrons. The van der Waals surface area contributed by atoms with Crippen molar-refractivity contribution in [1.82, 2.24) is 4.90 Å². The smallest absolute Gasteiger partial charge is 0.254 e. The molecule has 0 aliphatic rings. The Labute approximate surface area is 187 Å². The lowest BCUT2D eigenvalue weighted by Crippen LogP contribution is -2.35. The molecule has 0 saturated heterocycles. The fourth-order valence-electron chi connectivity index (χ4n) is 2.87. The zero-order valence-corrected chi connectivity index (χ0v) is 18.4. The Bertz CT molecular complexity index is 1100. The van der Waals surface area contributed by atoms with E-state index >= 15 is 0 Å². The van der Waals surface area contributed by atoms with Crippen LogP contribution in [-0.2, 0) is 4.79 Å². The van der Waals surface area contributed by atoms with Crippen molar-refractivity contribution in [3.63, 3.8) is 0 Å². The van der Waals surface area contributed by atoms with E-state index in [1.54, 1.807) is 72.8 Å². The summed E-state index contributed by atoms with van der Waals surface area (Å²) in [4.78, 5) is 39.5. The first-order valence-corrected chi connectivity index (χ1v) is 10.2. The number of carbonyl (C=O) groups is 3. The number of benzene rings is 3. The van der Waals surface area contributed by atoms with Crippen molar-refractivity contribution in [3.05, 3.63) is 99.0 Å². The molecule has 0 aliphatic carbocycles. The minimum Gasteiger partial charge on any atom is -0.332 e. The Balaban J connectivity index is 1.76. The van der Waals surface area contributed by atoms with E-state index in [4.69, 9.17) is 11.6 Å². The number of halogens is 2. The van der Waals surface area contributed by atoms with E-state index in [2.05, 4.69) is 21.2 Å². The van der Waals surface area contributed by atoms with Gasteiger partial charge in [-0.05, 0) is 42.5 Å². The maximum absolute atomic E-state index is 13.0. The first-order chi connectivity index (χ1) is 14.4. The van der Waals surface area contributed by atoms with Crippen LogP contribution in [0, 0.1) is 0 Å². The highest BCUT2D eigenvalue weighted by atomic mass is 79.9. The molecule has 0 aliphatic heterocycles. The lowest BCUT2D eigenvalue weighted by Gasteiger charge is -2.18. The third kappa shape index (κ3) is 5.14. The van der Waals surface area contributed by atoms with Gasteiger partial charge in [0.1, 0.15) is 0 Å². The van der Waals surface area contributed by atoms with Crippen LogP contribution in [0.15, 0.2) is 77.3 Å². The van der Waals surface area contributed by atoms with Crippen LogP contribution in [0.4, 0.5) is 5.69 Å². The zero-order valence-electron chi connectivity index (χ0n) is 16.1. The van der Waals surface area contributed by atoms with Gasteiger partial charge in [-0.2, -0.15) is 0 Å². The fraction of sp³-hybridized carbons (Fsp3) is 0.0870. The molecule has 0 spiro atoms. The Morgan fingerprint density at radius 2 is 1.50 bits per heavy atom. The fourth-order valence-corrected chi connectivity index (χ4v) is 3.32. The number of hydrogen-bond acceptors (Lipinski definition) is 3. The van der Waals surface area contributed by atoms with Crippen LogP contribution in [-0.4, -0.2) is 36.1 Å². The molecule has 1 N–H and O–H groups in total. The molecule has 3 aromatic carbocycles. The molecule has 152 valence electrons. The SMILES string of the molecule is CN(CC(=O)Nc1ccccc1Cl)C(=O)c1ccccc1C(=O)c1ccc(Br)cc1. The molecule has 0 atom stereocenters. The van der Waals surface area contributed by atoms with Gasteiger partial charge in [0.15, 0.2) is 5.78 Å². The first kappa shape index (κ1) is 21.7. The Morgan fingerprint density at radius 1 is 0.900 bits per heavy atom. The molecule has 0 aromatic heterocycles. The zero-order chi connectivity index (χ0) is 21.7. The average molecular weight is 486 g/mol. The quantitative estimate of drug-likeness (QED) is 0.497. The minimum atomic E-state index is -0.426. The summed E-state index contributed by atoms with van der Waals surface area (Å²) >= 11 is 9.39. The van der Waals surface area contributed by atoms with Gasteiger partial charge in [-0.25, -0.2) is 0 Å². The van der Waals surface area contributed by atoms with Gasteiger partial charge in [0.25, 0.3) is 5.91 Å². The largest absolute Gasteiger partial charge is 0.332 e. The number of hydrogen-bond donors (Lipinski definition) is 1. The van der Waals surface area contributed by atoms with E-state index < -0.39 is 11.8 Å². The predicted molar refractivity (Wildman–Crippen MR) is 121 cm³/mol. The van der Waals surface area contributed by atoms with Crippen LogP contribution in [0.3, 0.4) is 0 Å². The Hall–Kier alpha value is -2.96. The van der Waals surface area contributed by atoms with Crippen LogP contribution in [0.5, 0.6) is 0 Å². The number of para-hydroxylation sites is 1. The number of likely N-dealkylation sites (N-methyl/N-ethyl adjacent to an activating group) is 1. The van der Waals surface area contributed by atoms with E-state index in [1.165, 1.54) is 11.9 Å². The molecular weight excluding hydrogens is 468 g/mol. The molecule has 0 saturated carbocycles. The van der Waals surface area contributed by atoms with Crippen molar-refractivity contribution in [2.45, 2.75) is 0 Å². The first-order valence-electron chi connectivity index (χ1n) is 9.06. The lowest BCUT2D eigenvalue weighted by molar-refractivity contribution is -0.116. The molecule has 5 nitrogen and oxygen atoms in total. The third-order valence-electron chi connectivity index (χ3n) is 4.38. The second-order valence-electron chi connectivity index (χ2n) is 6.57. The van der Waals surface area contributed by atoms with Crippen LogP contribution in [0.2, 0.25) is 5.02 Å². The monoisotopic (exact) mass is 484 g/mol. The van der Waals surface area contributed by atoms with Gasteiger partial charge >= 0.3 is 0 Å². The summed E-state index contributed by atoms with van der Waals surface area (Å²) in [5, 5.41) is 3.09. The number of carbonyl (C=O) groups excluding carboxylic acids is 3. The number of rotatable bonds is 6. The van der Waals surface area contributed by atoms with Crippen LogP contribution < -0.4 is 5.32 Å². The topological polar surface area (TPSA) is 66.5 Å². The summed E-state index contributed by atoms with van der Waals surface area (Å²) in [6.07, 6.45) is 0. The molecule has 0 unspecified atom stereocenters. The van der Waals surface area contributed by atoms with Crippen molar-refractivity contribution in [2.24, 2.45) is 0 Å². The molecule has 2 amide bonds. The van der Waals surface area contributed by atoms with E-state index in [1.807, 2.05) is 0 Å². The van der Waals surface area contributed by atoms with Crippen molar-refractivity contribution in [1.29, 1.82) is 0 Å². The normalized spacial score (nSPS) is 10.4. The van der Waals surface area contributed by atoms with Crippen molar-refractivity contribution in [2.75, 3.05) is 18.9 Å². The van der Waals surface area contributed by atoms with Gasteiger partial charge < -0.3 is 10.2 Å². The molecule has 30 heavy (non-hydrogen) atoms. The Kier molecular flexibility index (Phi) is 7.03. The molecule has 7 heteroatoms. The number of ketones is 1. The van der Waals surface area contributed by atoms with Gasteiger partial charge in [0.05, 0.1) is 22.8 Å². The van der Waals surface area contributed by atoms with Gasteiger partial charge in [-0.3, -0.25) is 14.4 Å². The number of amides is 2. The maximum Gasteiger partial charge on any atom is 0.254 e. The van der Waals surface area contributed by atoms with E-state index in [9.17, 15) is 14.4 Å². The highest BCUT2D eigenvalue weighted by Crippen LogP contribution is 2.21. The van der Waals surface area contributed by atoms with Gasteiger partial charge in [-0.15, -0.1) is 0 Å². The Morgan fingerprint density at radius 3 is 2.17 bits per heavy atom. The predicted octanol–water partition coefficient (Wildman–Crippen LogP) is 5.04. The van der Waals surface area contributed by atoms with Gasteiger partial charge in [0, 0.05) is 22.6 Å². The van der Waals surface area contributed by atoms with Crippen LogP contribution in [0.1, 0.15) is 26.3 Å². The molecule has 0 heterocycles. The third-order valence-corrected chi connectivity index (χ3v) is 5.24. The summed E-state index contributed by atoms with van der Waals surface area (Å²) in [7, 11) is 1.51. The second kappa shape index (κ2) is 9.69. The summed E-state index contributed by atoms with van der Waals surface area (Å²) in [5.74, 6) is -1.08. The average Bonchev–Trinajstić information content (AvgIpc) is 2.75. The summed E-state index contributed by atoms with van der Waals surface area (Å²) in [5.41, 5.74) is 1.45. The van der Waals surface area contributed by atoms with E-state index in [-0.39, 0.29) is 23.5 Å². The second-order valence-corrected chi connectivity index (χ2v) is 7.89. The minimum absolute atomic E-state index is 0.190. The van der Waals surface area contributed by atoms with Crippen LogP contribution in [0.25, 0.3) is 0 Å². The number of nitrogens with zero attached hydrogens (tertiary/aromatic N) is 1. The van der Waals surface area contributed by atoms with Gasteiger partial charge in [-0.1, -0.05) is 57.9 Å². The van der Waals surface area contributed by atoms with E-state index in [0.717, 1.165) is 4.47 Å². The van der Waals surface area contributed by atoms with Crippen molar-refractivity contribution >= 4 is 50.8 Å². The lowest BCUT2D eigenvalue weighted by atomic mass is 9.97. The molecule has 3 rings (SSSR count). The molecular formula is C23H18BrClN2O3. The summed E-state index contributed by atoms with van der Waals surface area (Å²) < 4.78 is 0.854. The number of anilines is 1. The van der Waals surface area contributed by atoms with Crippen molar-refractivity contribution < 1.29 is 14.4 Å². The highest BCUT2D eigenvalue weighted by molar-refractivity contribution is 9.10. The standard InChI is InChI=1S/C23H18BrClN2O3/c1-27(14-21(28)26-20-9-5-4-8-19(20)25)23(30)18-7-3-2-6-17(18)22(29)15-10-12-16(24)13-11-15/h2-13H,14H2,1H3,(H,26,28). The summed E-state index contributed by atoms with van der Waals surface area (Å²) in [6.45, 7) is -0.190. The van der Waals surface area contributed by atoms with Gasteiger partial charge in [0.2, 0.25) is 5.91 Å². The summed E-state index contributed by atoms with van der Waals surface area (Å²) in [6, 6.07) is 20.3. The highest BCUT2D eigenvalue weighted by Gasteiger charge is 2.22. The van der Waals surface area contributed by atoms with Crippen molar-refractivity contribution in [3.8, 4) is 0 Å². The molecule has 0 bridgehead atoms. The molecule has 3 aromatic rings. The maximum atomic E-state index is 13.0. The number of nitrogens with one attached hydrogen (secondary N) is 1. The van der Waals surface area contributed by atoms with Crippen LogP contribution >= 0.6 is 27.5 Å². The molecule has 0 fully saturated rings.